The van der Waals surface area contributed by atoms with Gasteiger partial charge in [-0.25, -0.2) is 35.9 Å². The second-order valence-electron chi connectivity index (χ2n) is 10.0. The largest absolute Gasteiger partial charge is 0.465 e. The number of amides is 2. The topological polar surface area (TPSA) is 147 Å². The molecule has 5 aromatic rings. The minimum absolute atomic E-state index is 0.0126. The molecule has 1 fully saturated rings. The molecular formula is C29H24F2N6O5S2. The first-order valence-electron chi connectivity index (χ1n) is 13.4. The molecule has 0 spiro atoms. The number of carbonyl (C=O) groups excluding carboxylic acids is 1. The SMILES string of the molecule is O=C(O)N[C@H]1CCCN(c2c(NC(=O)c3csc(-c4c(F)cccc4F)n3)cnc3c2ccn3S(=O)(=O)c2ccccc2)C1. The molecule has 0 bridgehead atoms. The molecule has 3 aromatic heterocycles. The van der Waals surface area contributed by atoms with Crippen molar-refractivity contribution in [2.45, 2.75) is 23.8 Å². The van der Waals surface area contributed by atoms with Gasteiger partial charge >= 0.3 is 6.09 Å². The predicted octanol–water partition coefficient (Wildman–Crippen LogP) is 5.16. The van der Waals surface area contributed by atoms with Gasteiger partial charge < -0.3 is 20.6 Å². The van der Waals surface area contributed by atoms with Crippen LogP contribution in [0.3, 0.4) is 0 Å². The van der Waals surface area contributed by atoms with Gasteiger partial charge in [0, 0.05) is 36.1 Å². The van der Waals surface area contributed by atoms with E-state index in [9.17, 15) is 31.9 Å². The Morgan fingerprint density at radius 2 is 1.80 bits per heavy atom. The molecule has 2 amide bonds. The summed E-state index contributed by atoms with van der Waals surface area (Å²) in [6.07, 6.45) is 2.74. The minimum Gasteiger partial charge on any atom is -0.465 e. The van der Waals surface area contributed by atoms with E-state index in [1.165, 1.54) is 36.0 Å². The number of thiazole rings is 1. The van der Waals surface area contributed by atoms with E-state index < -0.39 is 39.7 Å². The van der Waals surface area contributed by atoms with Gasteiger partial charge in [-0.05, 0) is 43.2 Å². The molecule has 6 rings (SSSR count). The number of piperidine rings is 1. The van der Waals surface area contributed by atoms with Gasteiger partial charge in [-0.2, -0.15) is 0 Å². The van der Waals surface area contributed by atoms with Gasteiger partial charge in [-0.3, -0.25) is 4.79 Å². The van der Waals surface area contributed by atoms with E-state index in [2.05, 4.69) is 20.6 Å². The Labute approximate surface area is 253 Å². The standard InChI is InChI=1S/C29H24F2N6O5S2/c30-20-9-4-10-21(31)24(20)28-35-23(16-43-28)27(38)34-22-14-32-26-19(25(22)36-12-5-6-17(15-36)33-29(39)40)11-13-37(26)44(41,42)18-7-2-1-3-8-18/h1-4,7-11,13-14,16-17,33H,5-6,12,15H2,(H,34,38)(H,39,40)/t17-/m0/s1. The number of nitrogens with one attached hydrogen (secondary N) is 2. The molecule has 226 valence electrons. The number of hydrogen-bond acceptors (Lipinski definition) is 8. The Hall–Kier alpha value is -4.89. The maximum atomic E-state index is 14.3. The van der Waals surface area contributed by atoms with E-state index in [1.807, 2.05) is 4.90 Å². The Kier molecular flexibility index (Phi) is 7.73. The molecule has 3 N–H and O–H groups in total. The van der Waals surface area contributed by atoms with Gasteiger partial charge in [-0.1, -0.05) is 24.3 Å². The molecule has 4 heterocycles. The normalized spacial score (nSPS) is 15.3. The highest BCUT2D eigenvalue weighted by atomic mass is 32.2. The summed E-state index contributed by atoms with van der Waals surface area (Å²) in [4.78, 5) is 35.2. The second-order valence-corrected chi connectivity index (χ2v) is 12.7. The summed E-state index contributed by atoms with van der Waals surface area (Å²) in [5, 5.41) is 16.3. The summed E-state index contributed by atoms with van der Waals surface area (Å²) in [5.74, 6) is -2.30. The van der Waals surface area contributed by atoms with Gasteiger partial charge in [-0.15, -0.1) is 11.3 Å². The minimum atomic E-state index is -4.02. The van der Waals surface area contributed by atoms with Crippen LogP contribution in [-0.2, 0) is 10.0 Å². The maximum absolute atomic E-state index is 14.3. The lowest BCUT2D eigenvalue weighted by Crippen LogP contribution is -2.47. The van der Waals surface area contributed by atoms with Gasteiger partial charge in [0.15, 0.2) is 5.65 Å². The number of anilines is 2. The molecule has 1 saturated heterocycles. The van der Waals surface area contributed by atoms with Crippen molar-refractivity contribution >= 4 is 55.8 Å². The smallest absolute Gasteiger partial charge is 0.404 e. The molecule has 0 radical (unpaired) electrons. The van der Waals surface area contributed by atoms with Crippen LogP contribution in [0.25, 0.3) is 21.6 Å². The Bertz CT molecular complexity index is 1980. The molecule has 11 nitrogen and oxygen atoms in total. The average Bonchev–Trinajstić information content (AvgIpc) is 3.66. The summed E-state index contributed by atoms with van der Waals surface area (Å²) in [5.41, 5.74) is 0.345. The molecule has 0 aliphatic carbocycles. The number of rotatable bonds is 7. The molecule has 44 heavy (non-hydrogen) atoms. The van der Waals surface area contributed by atoms with E-state index in [0.29, 0.717) is 30.5 Å². The van der Waals surface area contributed by atoms with Crippen LogP contribution in [0.1, 0.15) is 23.3 Å². The number of carbonyl (C=O) groups is 2. The molecule has 1 atom stereocenters. The molecule has 1 aliphatic rings. The third-order valence-corrected chi connectivity index (χ3v) is 9.72. The summed E-state index contributed by atoms with van der Waals surface area (Å²) in [6, 6.07) is 12.5. The summed E-state index contributed by atoms with van der Waals surface area (Å²) >= 11 is 0.903. The van der Waals surface area contributed by atoms with Gasteiger partial charge in [0.2, 0.25) is 0 Å². The van der Waals surface area contributed by atoms with Crippen molar-refractivity contribution < 1.29 is 31.9 Å². The first-order chi connectivity index (χ1) is 21.1. The fourth-order valence-electron chi connectivity index (χ4n) is 5.24. The van der Waals surface area contributed by atoms with Crippen LogP contribution in [0.5, 0.6) is 0 Å². The van der Waals surface area contributed by atoms with Crippen molar-refractivity contribution in [3.63, 3.8) is 0 Å². The molecule has 2 aromatic carbocycles. The highest BCUT2D eigenvalue weighted by Gasteiger charge is 2.29. The van der Waals surface area contributed by atoms with E-state index in [1.54, 1.807) is 24.3 Å². The van der Waals surface area contributed by atoms with Crippen molar-refractivity contribution in [3.8, 4) is 10.6 Å². The summed E-state index contributed by atoms with van der Waals surface area (Å²) < 4.78 is 56.7. The van der Waals surface area contributed by atoms with Crippen LogP contribution in [-0.4, -0.2) is 58.6 Å². The highest BCUT2D eigenvalue weighted by molar-refractivity contribution is 7.90. The Balaban J connectivity index is 1.40. The molecule has 1 aliphatic heterocycles. The number of nitrogens with zero attached hydrogens (tertiary/aromatic N) is 4. The lowest BCUT2D eigenvalue weighted by molar-refractivity contribution is 0.102. The van der Waals surface area contributed by atoms with Gasteiger partial charge in [0.25, 0.3) is 15.9 Å². The zero-order valence-corrected chi connectivity index (χ0v) is 24.4. The summed E-state index contributed by atoms with van der Waals surface area (Å²) in [6.45, 7) is 0.738. The molecule has 0 unspecified atom stereocenters. The second kappa shape index (κ2) is 11.7. The van der Waals surface area contributed by atoms with Crippen molar-refractivity contribution in [1.29, 1.82) is 0 Å². The molecule has 15 heteroatoms. The van der Waals surface area contributed by atoms with Crippen molar-refractivity contribution in [3.05, 3.63) is 89.7 Å². The first kappa shape index (κ1) is 29.2. The quantitative estimate of drug-likeness (QED) is 0.222. The Morgan fingerprint density at radius 1 is 1.05 bits per heavy atom. The van der Waals surface area contributed by atoms with Gasteiger partial charge in [0.1, 0.15) is 22.3 Å². The van der Waals surface area contributed by atoms with Crippen LogP contribution >= 0.6 is 11.3 Å². The van der Waals surface area contributed by atoms with E-state index in [4.69, 9.17) is 0 Å². The summed E-state index contributed by atoms with van der Waals surface area (Å²) in [7, 11) is -4.02. The highest BCUT2D eigenvalue weighted by Crippen LogP contribution is 2.37. The van der Waals surface area contributed by atoms with Gasteiger partial charge in [0.05, 0.1) is 28.0 Å². The molecule has 0 saturated carbocycles. The number of hydrogen-bond donors (Lipinski definition) is 3. The zero-order chi connectivity index (χ0) is 31.0. The number of fused-ring (bicyclic) bond motifs is 1. The van der Waals surface area contributed by atoms with Crippen LogP contribution in [0.2, 0.25) is 0 Å². The van der Waals surface area contributed by atoms with Crippen LogP contribution in [0.15, 0.2) is 77.3 Å². The third kappa shape index (κ3) is 5.46. The number of halogens is 2. The third-order valence-electron chi connectivity index (χ3n) is 7.18. The lowest BCUT2D eigenvalue weighted by Gasteiger charge is -2.35. The van der Waals surface area contributed by atoms with Crippen molar-refractivity contribution in [1.82, 2.24) is 19.3 Å². The van der Waals surface area contributed by atoms with Crippen LogP contribution in [0, 0.1) is 11.6 Å². The lowest BCUT2D eigenvalue weighted by atomic mass is 10.0. The first-order valence-corrected chi connectivity index (χ1v) is 15.7. The maximum Gasteiger partial charge on any atom is 0.404 e. The van der Waals surface area contributed by atoms with Crippen LogP contribution < -0.4 is 15.5 Å². The fraction of sp³-hybridized carbons (Fsp3) is 0.172. The average molecular weight is 639 g/mol. The predicted molar refractivity (Wildman–Crippen MR) is 161 cm³/mol. The van der Waals surface area contributed by atoms with E-state index in [-0.39, 0.29) is 39.0 Å². The number of aromatic nitrogens is 3. The fourth-order valence-corrected chi connectivity index (χ4v) is 7.40. The van der Waals surface area contributed by atoms with E-state index in [0.717, 1.165) is 27.4 Å². The number of benzene rings is 2. The Morgan fingerprint density at radius 3 is 2.52 bits per heavy atom. The zero-order valence-electron chi connectivity index (χ0n) is 22.8. The van der Waals surface area contributed by atoms with Crippen molar-refractivity contribution in [2.24, 2.45) is 0 Å². The number of carboxylic acid groups (broad SMARTS) is 1. The van der Waals surface area contributed by atoms with Crippen molar-refractivity contribution in [2.75, 3.05) is 23.3 Å². The monoisotopic (exact) mass is 638 g/mol. The van der Waals surface area contributed by atoms with Crippen LogP contribution in [0.4, 0.5) is 25.0 Å². The van der Waals surface area contributed by atoms with E-state index >= 15 is 0 Å². The molecular weight excluding hydrogens is 614 g/mol. The number of pyridine rings is 1.